The molecule has 6 heteroatoms. The van der Waals surface area contributed by atoms with Crippen LogP contribution in [0.5, 0.6) is 5.75 Å². The van der Waals surface area contributed by atoms with Crippen molar-refractivity contribution in [2.45, 2.75) is 25.9 Å². The number of β-amino-alcohol motifs (C(OH)–C–C–N with tert-alkyl or cyclic N) is 1. The molecule has 1 heterocycles. The zero-order valence-corrected chi connectivity index (χ0v) is 15.1. The minimum atomic E-state index is -0.635. The van der Waals surface area contributed by atoms with E-state index >= 15 is 0 Å². The average Bonchev–Trinajstić information content (AvgIpc) is 3.39. The molecule has 1 unspecified atom stereocenters. The van der Waals surface area contributed by atoms with Gasteiger partial charge in [-0.2, -0.15) is 0 Å². The normalized spacial score (nSPS) is 20.8. The predicted octanol–water partition coefficient (Wildman–Crippen LogP) is 1.52. The SMILES string of the molecule is COc1ccccc1N1CCN(CC(O)COC(=O)C2(C)CC2)CC1. The van der Waals surface area contributed by atoms with Crippen molar-refractivity contribution in [1.29, 1.82) is 0 Å². The van der Waals surface area contributed by atoms with E-state index in [0.717, 1.165) is 50.5 Å². The Bertz CT molecular complexity index is 595. The number of piperazine rings is 1. The lowest BCUT2D eigenvalue weighted by Crippen LogP contribution is -2.49. The first-order valence-electron chi connectivity index (χ1n) is 8.97. The highest BCUT2D eigenvalue weighted by Crippen LogP contribution is 2.45. The van der Waals surface area contributed by atoms with Gasteiger partial charge in [0, 0.05) is 32.7 Å². The Hall–Kier alpha value is -1.79. The number of benzene rings is 1. The van der Waals surface area contributed by atoms with Crippen LogP contribution in [0.2, 0.25) is 0 Å². The number of methoxy groups -OCH3 is 1. The first kappa shape index (κ1) is 18.0. The fourth-order valence-electron chi connectivity index (χ4n) is 3.15. The van der Waals surface area contributed by atoms with Crippen LogP contribution in [-0.2, 0) is 9.53 Å². The largest absolute Gasteiger partial charge is 0.495 e. The lowest BCUT2D eigenvalue weighted by molar-refractivity contribution is -0.152. The molecular weight excluding hydrogens is 320 g/mol. The molecule has 0 spiro atoms. The van der Waals surface area contributed by atoms with Crippen LogP contribution in [0.1, 0.15) is 19.8 Å². The number of aliphatic hydroxyl groups is 1. The number of para-hydroxylation sites is 2. The number of anilines is 1. The van der Waals surface area contributed by atoms with Gasteiger partial charge in [0.2, 0.25) is 0 Å². The monoisotopic (exact) mass is 348 g/mol. The Morgan fingerprint density at radius 1 is 1.24 bits per heavy atom. The third kappa shape index (κ3) is 4.44. The quantitative estimate of drug-likeness (QED) is 0.754. The fraction of sp³-hybridized carbons (Fsp3) is 0.632. The molecule has 1 aliphatic carbocycles. The Labute approximate surface area is 149 Å². The maximum Gasteiger partial charge on any atom is 0.311 e. The van der Waals surface area contributed by atoms with Crippen LogP contribution < -0.4 is 9.64 Å². The summed E-state index contributed by atoms with van der Waals surface area (Å²) in [6.45, 7) is 6.02. The first-order valence-corrected chi connectivity index (χ1v) is 8.97. The van der Waals surface area contributed by atoms with Gasteiger partial charge in [-0.15, -0.1) is 0 Å². The molecule has 1 aromatic rings. The molecule has 0 bridgehead atoms. The van der Waals surface area contributed by atoms with Crippen molar-refractivity contribution in [1.82, 2.24) is 4.90 Å². The molecule has 2 fully saturated rings. The maximum atomic E-state index is 11.8. The van der Waals surface area contributed by atoms with Crippen molar-refractivity contribution in [3.05, 3.63) is 24.3 Å². The molecule has 1 N–H and O–H groups in total. The molecule has 3 rings (SSSR count). The summed E-state index contributed by atoms with van der Waals surface area (Å²) in [6.07, 6.45) is 1.16. The zero-order chi connectivity index (χ0) is 17.9. The molecule has 1 saturated heterocycles. The molecule has 2 aliphatic rings. The van der Waals surface area contributed by atoms with Gasteiger partial charge < -0.3 is 19.5 Å². The minimum Gasteiger partial charge on any atom is -0.495 e. The minimum absolute atomic E-state index is 0.0845. The number of hydrogen-bond donors (Lipinski definition) is 1. The van der Waals surface area contributed by atoms with Crippen molar-refractivity contribution >= 4 is 11.7 Å². The molecule has 1 atom stereocenters. The highest BCUT2D eigenvalue weighted by Gasteiger charge is 2.46. The number of hydrogen-bond acceptors (Lipinski definition) is 6. The second-order valence-electron chi connectivity index (χ2n) is 7.27. The van der Waals surface area contributed by atoms with E-state index in [2.05, 4.69) is 15.9 Å². The summed E-state index contributed by atoms with van der Waals surface area (Å²) in [5.41, 5.74) is 0.817. The van der Waals surface area contributed by atoms with Crippen LogP contribution in [0.3, 0.4) is 0 Å². The van der Waals surface area contributed by atoms with Crippen molar-refractivity contribution in [2.75, 3.05) is 51.3 Å². The van der Waals surface area contributed by atoms with E-state index < -0.39 is 6.10 Å². The lowest BCUT2D eigenvalue weighted by Gasteiger charge is -2.37. The average molecular weight is 348 g/mol. The van der Waals surface area contributed by atoms with Gasteiger partial charge in [0.1, 0.15) is 18.5 Å². The predicted molar refractivity (Wildman–Crippen MR) is 96.0 cm³/mol. The van der Waals surface area contributed by atoms with Gasteiger partial charge in [-0.1, -0.05) is 12.1 Å². The molecule has 25 heavy (non-hydrogen) atoms. The van der Waals surface area contributed by atoms with E-state index in [0.29, 0.717) is 6.54 Å². The molecule has 0 radical (unpaired) electrons. The summed E-state index contributed by atoms with van der Waals surface area (Å²) < 4.78 is 10.7. The summed E-state index contributed by atoms with van der Waals surface area (Å²) in [7, 11) is 1.69. The van der Waals surface area contributed by atoms with E-state index in [1.54, 1.807) is 7.11 Å². The Morgan fingerprint density at radius 3 is 2.56 bits per heavy atom. The summed E-state index contributed by atoms with van der Waals surface area (Å²) in [5.74, 6) is 0.712. The first-order chi connectivity index (χ1) is 12.0. The molecule has 138 valence electrons. The maximum absolute atomic E-state index is 11.8. The number of esters is 1. The molecule has 1 aliphatic heterocycles. The van der Waals surface area contributed by atoms with Crippen molar-refractivity contribution < 1.29 is 19.4 Å². The van der Waals surface area contributed by atoms with E-state index in [-0.39, 0.29) is 18.0 Å². The summed E-state index contributed by atoms with van der Waals surface area (Å²) in [5, 5.41) is 10.1. The number of carbonyl (C=O) groups is 1. The second-order valence-corrected chi connectivity index (χ2v) is 7.27. The van der Waals surface area contributed by atoms with Gasteiger partial charge in [0.05, 0.1) is 18.2 Å². The van der Waals surface area contributed by atoms with Gasteiger partial charge in [-0.05, 0) is 31.9 Å². The molecule has 6 nitrogen and oxygen atoms in total. The van der Waals surface area contributed by atoms with E-state index in [1.165, 1.54) is 0 Å². The number of rotatable bonds is 7. The number of nitrogens with zero attached hydrogens (tertiary/aromatic N) is 2. The zero-order valence-electron chi connectivity index (χ0n) is 15.1. The van der Waals surface area contributed by atoms with Crippen molar-refractivity contribution in [3.8, 4) is 5.75 Å². The number of ether oxygens (including phenoxy) is 2. The highest BCUT2D eigenvalue weighted by atomic mass is 16.5. The van der Waals surface area contributed by atoms with Crippen LogP contribution in [0, 0.1) is 5.41 Å². The summed E-state index contributed by atoms with van der Waals surface area (Å²) in [6, 6.07) is 8.03. The second kappa shape index (κ2) is 7.62. The van der Waals surface area contributed by atoms with Gasteiger partial charge in [0.25, 0.3) is 0 Å². The fourth-order valence-corrected chi connectivity index (χ4v) is 3.15. The van der Waals surface area contributed by atoms with Crippen LogP contribution in [-0.4, -0.2) is 68.5 Å². The molecule has 1 saturated carbocycles. The summed E-state index contributed by atoms with van der Waals surface area (Å²) in [4.78, 5) is 16.3. The van der Waals surface area contributed by atoms with E-state index in [9.17, 15) is 9.90 Å². The van der Waals surface area contributed by atoms with Crippen LogP contribution >= 0.6 is 0 Å². The Kier molecular flexibility index (Phi) is 5.49. The third-order valence-corrected chi connectivity index (χ3v) is 5.17. The van der Waals surface area contributed by atoms with E-state index in [4.69, 9.17) is 9.47 Å². The van der Waals surface area contributed by atoms with Gasteiger partial charge in [-0.3, -0.25) is 9.69 Å². The van der Waals surface area contributed by atoms with Crippen LogP contribution in [0.4, 0.5) is 5.69 Å². The van der Waals surface area contributed by atoms with Crippen molar-refractivity contribution in [3.63, 3.8) is 0 Å². The van der Waals surface area contributed by atoms with Crippen LogP contribution in [0.25, 0.3) is 0 Å². The highest BCUT2D eigenvalue weighted by molar-refractivity contribution is 5.79. The molecule has 0 amide bonds. The molecular formula is C19H28N2O4. The van der Waals surface area contributed by atoms with Crippen LogP contribution in [0.15, 0.2) is 24.3 Å². The number of aliphatic hydroxyl groups excluding tert-OH is 1. The standard InChI is InChI=1S/C19H28N2O4/c1-19(7-8-19)18(23)25-14-15(22)13-20-9-11-21(12-10-20)16-5-3-4-6-17(16)24-2/h3-6,15,22H,7-14H2,1-2H3. The van der Waals surface area contributed by atoms with Gasteiger partial charge in [-0.25, -0.2) is 0 Å². The third-order valence-electron chi connectivity index (χ3n) is 5.17. The summed E-state index contributed by atoms with van der Waals surface area (Å²) >= 11 is 0. The Balaban J connectivity index is 1.42. The van der Waals surface area contributed by atoms with Gasteiger partial charge >= 0.3 is 5.97 Å². The van der Waals surface area contributed by atoms with E-state index in [1.807, 2.05) is 25.1 Å². The smallest absolute Gasteiger partial charge is 0.311 e. The lowest BCUT2D eigenvalue weighted by atomic mass is 10.1. The van der Waals surface area contributed by atoms with Gasteiger partial charge in [0.15, 0.2) is 0 Å². The molecule has 1 aromatic carbocycles. The van der Waals surface area contributed by atoms with Crippen molar-refractivity contribution in [2.24, 2.45) is 5.41 Å². The Morgan fingerprint density at radius 2 is 1.92 bits per heavy atom. The topological polar surface area (TPSA) is 62.2 Å². The number of carbonyl (C=O) groups excluding carboxylic acids is 1. The molecule has 0 aromatic heterocycles.